The van der Waals surface area contributed by atoms with Crippen LogP contribution in [-0.4, -0.2) is 44.2 Å². The summed E-state index contributed by atoms with van der Waals surface area (Å²) in [5, 5.41) is 36.1. The monoisotopic (exact) mass is 618 g/mol. The van der Waals surface area contributed by atoms with Crippen molar-refractivity contribution in [2.75, 3.05) is 0 Å². The van der Waals surface area contributed by atoms with E-state index in [4.69, 9.17) is 8.85 Å². The molecule has 2 rings (SSSR count). The van der Waals surface area contributed by atoms with Crippen molar-refractivity contribution in [1.82, 2.24) is 0 Å². The number of rotatable bonds is 12. The minimum absolute atomic E-state index is 0.0423. The molecular formula is C39H66O5. The maximum atomic E-state index is 12.6. The van der Waals surface area contributed by atoms with Gasteiger partial charge in [0, 0.05) is 10.8 Å². The number of esters is 1. The van der Waals surface area contributed by atoms with Gasteiger partial charge < -0.3 is 20.1 Å². The van der Waals surface area contributed by atoms with Crippen molar-refractivity contribution in [3.63, 3.8) is 0 Å². The van der Waals surface area contributed by atoms with Crippen LogP contribution in [0.4, 0.5) is 0 Å². The predicted molar refractivity (Wildman–Crippen MR) is 182 cm³/mol. The smallest absolute Gasteiger partial charge is 0.309 e. The molecule has 1 aromatic rings. The van der Waals surface area contributed by atoms with Crippen LogP contribution in [0.15, 0.2) is 30.3 Å². The lowest BCUT2D eigenvalue weighted by Crippen LogP contribution is -2.53. The molecule has 0 bridgehead atoms. The largest absolute Gasteiger partial charge is 0.460 e. The van der Waals surface area contributed by atoms with Crippen molar-refractivity contribution >= 4 is 5.97 Å². The molecule has 0 radical (unpaired) electrons. The predicted octanol–water partition coefficient (Wildman–Crippen LogP) is 8.23. The Morgan fingerprint density at radius 1 is 1.05 bits per heavy atom. The lowest BCUT2D eigenvalue weighted by molar-refractivity contribution is -0.159. The number of aliphatic hydroxyl groups is 3. The summed E-state index contributed by atoms with van der Waals surface area (Å²) in [5.74, 6) is -1.32. The highest BCUT2D eigenvalue weighted by Crippen LogP contribution is 2.65. The number of carbonyl (C=O) groups is 1. The zero-order valence-corrected chi connectivity index (χ0v) is 30.5. The summed E-state index contributed by atoms with van der Waals surface area (Å²) >= 11 is 0. The van der Waals surface area contributed by atoms with Crippen LogP contribution >= 0.6 is 0 Å². The Labute approximate surface area is 274 Å². The van der Waals surface area contributed by atoms with Gasteiger partial charge in [-0.25, -0.2) is 0 Å². The zero-order valence-electron chi connectivity index (χ0n) is 33.5. The van der Waals surface area contributed by atoms with Crippen molar-refractivity contribution in [2.24, 2.45) is 46.3 Å². The third kappa shape index (κ3) is 7.81. The average Bonchev–Trinajstić information content (AvgIpc) is 3.04. The molecule has 1 aromatic carbocycles. The van der Waals surface area contributed by atoms with E-state index in [1.807, 2.05) is 62.3 Å². The maximum absolute atomic E-state index is 12.6. The Bertz CT molecular complexity index is 1280. The van der Waals surface area contributed by atoms with Gasteiger partial charge in [-0.3, -0.25) is 4.79 Å². The molecule has 1 saturated carbocycles. The Balaban J connectivity index is 2.38. The van der Waals surface area contributed by atoms with Gasteiger partial charge in [0.1, 0.15) is 5.60 Å². The number of allylic oxidation sites excluding steroid dienone is 2. The van der Waals surface area contributed by atoms with Gasteiger partial charge in [0.2, 0.25) is 0 Å². The number of aliphatic hydroxyl groups excluding tert-OH is 1. The standard InChI is InChI=1S/C39H66O5/c1-24(21-26(3)34(41)44-35(8,9)10)19-20-28(5)38(14)32(33(40)36(11,12)39(38,15)43)27(4)23-37(13,42)29(6)22-31-18-16-17-25(2)30(31)7/h16-20,24,26-29,32-33,40,42-43H,21-23H2,1-15H3/b20-19-/t24?,26?,27?,28?,29?,32-,33-,37+,38+,39-/m0/s1/i16D,17D,18D. The minimum atomic E-state index is -1.25. The van der Waals surface area contributed by atoms with Crippen LogP contribution in [0.5, 0.6) is 0 Å². The van der Waals surface area contributed by atoms with E-state index in [-0.39, 0.29) is 59.6 Å². The zero-order chi connectivity index (χ0) is 36.8. The fourth-order valence-corrected chi connectivity index (χ4v) is 7.75. The molecule has 5 heteroatoms. The van der Waals surface area contributed by atoms with Crippen molar-refractivity contribution < 1.29 is 29.0 Å². The molecular weight excluding hydrogens is 548 g/mol. The lowest BCUT2D eigenvalue weighted by Gasteiger charge is -2.50. The van der Waals surface area contributed by atoms with E-state index in [0.29, 0.717) is 30.4 Å². The summed E-state index contributed by atoms with van der Waals surface area (Å²) in [6.45, 7) is 28.9. The highest BCUT2D eigenvalue weighted by molar-refractivity contribution is 5.72. The molecule has 10 atom stereocenters. The molecule has 5 nitrogen and oxygen atoms in total. The van der Waals surface area contributed by atoms with Gasteiger partial charge in [-0.15, -0.1) is 0 Å². The third-order valence-corrected chi connectivity index (χ3v) is 11.7. The van der Waals surface area contributed by atoms with Gasteiger partial charge in [0.25, 0.3) is 0 Å². The Morgan fingerprint density at radius 2 is 1.61 bits per heavy atom. The number of benzene rings is 1. The second kappa shape index (κ2) is 13.6. The first kappa shape index (κ1) is 33.7. The summed E-state index contributed by atoms with van der Waals surface area (Å²) in [6, 6.07) is 0.0255. The summed E-state index contributed by atoms with van der Waals surface area (Å²) in [7, 11) is 0. The normalized spacial score (nSPS) is 31.4. The van der Waals surface area contributed by atoms with E-state index in [2.05, 4.69) is 39.8 Å². The SMILES string of the molecule is [2H]c1c([2H])c(C)c(C)c(CC(C)[C@](C)(O)CC(C)[C@H]2[C@H](O)C(C)(C)[C@](C)(O)[C@]2(C)C(C)/C=C\C(C)CC(C)C(=O)OC(C)(C)C)c1[2H]. The highest BCUT2D eigenvalue weighted by atomic mass is 16.6. The Morgan fingerprint density at radius 3 is 2.16 bits per heavy atom. The van der Waals surface area contributed by atoms with Gasteiger partial charge in [-0.1, -0.05) is 85.7 Å². The first-order chi connectivity index (χ1) is 21.1. The van der Waals surface area contributed by atoms with Gasteiger partial charge in [-0.2, -0.15) is 0 Å². The number of carbonyl (C=O) groups excluding carboxylic acids is 1. The van der Waals surface area contributed by atoms with Gasteiger partial charge in [0.15, 0.2) is 0 Å². The summed E-state index contributed by atoms with van der Waals surface area (Å²) in [5.41, 5.74) is -2.34. The number of ether oxygens (including phenoxy) is 1. The molecule has 3 N–H and O–H groups in total. The van der Waals surface area contributed by atoms with Crippen LogP contribution in [0.25, 0.3) is 0 Å². The minimum Gasteiger partial charge on any atom is -0.460 e. The lowest BCUT2D eigenvalue weighted by atomic mass is 9.58. The van der Waals surface area contributed by atoms with Gasteiger partial charge >= 0.3 is 5.97 Å². The van der Waals surface area contributed by atoms with E-state index in [1.54, 1.807) is 13.8 Å². The number of hydrogen-bond donors (Lipinski definition) is 3. The number of hydrogen-bond acceptors (Lipinski definition) is 5. The van der Waals surface area contributed by atoms with Crippen molar-refractivity contribution in [2.45, 2.75) is 146 Å². The van der Waals surface area contributed by atoms with Crippen molar-refractivity contribution in [3.8, 4) is 0 Å². The van der Waals surface area contributed by atoms with Crippen LogP contribution in [0, 0.1) is 60.2 Å². The topological polar surface area (TPSA) is 87.0 Å². The van der Waals surface area contributed by atoms with Crippen LogP contribution < -0.4 is 0 Å². The molecule has 0 aromatic heterocycles. The summed E-state index contributed by atoms with van der Waals surface area (Å²) in [4.78, 5) is 12.6. The van der Waals surface area contributed by atoms with E-state index in [1.165, 1.54) is 0 Å². The van der Waals surface area contributed by atoms with Crippen molar-refractivity contribution in [3.05, 3.63) is 47.0 Å². The first-order valence-corrected chi connectivity index (χ1v) is 16.7. The molecule has 0 amide bonds. The van der Waals surface area contributed by atoms with E-state index in [9.17, 15) is 20.1 Å². The Hall–Kier alpha value is -1.69. The molecule has 44 heavy (non-hydrogen) atoms. The van der Waals surface area contributed by atoms with Crippen LogP contribution in [-0.2, 0) is 16.0 Å². The Kier molecular flexibility index (Phi) is 10.4. The first-order valence-electron chi connectivity index (χ1n) is 18.2. The summed E-state index contributed by atoms with van der Waals surface area (Å²) < 4.78 is 30.6. The molecule has 0 spiro atoms. The quantitative estimate of drug-likeness (QED) is 0.162. The van der Waals surface area contributed by atoms with Gasteiger partial charge in [0.05, 0.1) is 27.3 Å². The molecule has 0 saturated heterocycles. The van der Waals surface area contributed by atoms with Crippen molar-refractivity contribution in [1.29, 1.82) is 0 Å². The average molecular weight is 618 g/mol. The third-order valence-electron chi connectivity index (χ3n) is 11.7. The fourth-order valence-electron chi connectivity index (χ4n) is 7.75. The van der Waals surface area contributed by atoms with E-state index >= 15 is 0 Å². The summed E-state index contributed by atoms with van der Waals surface area (Å²) in [6.07, 6.45) is 4.79. The highest BCUT2D eigenvalue weighted by Gasteiger charge is 2.70. The molecule has 1 fully saturated rings. The molecule has 0 aliphatic heterocycles. The molecule has 1 aliphatic carbocycles. The molecule has 0 heterocycles. The second-order valence-corrected chi connectivity index (χ2v) is 16.6. The van der Waals surface area contributed by atoms with Crippen LogP contribution in [0.3, 0.4) is 0 Å². The van der Waals surface area contributed by atoms with Crippen LogP contribution in [0.1, 0.15) is 124 Å². The maximum Gasteiger partial charge on any atom is 0.309 e. The van der Waals surface area contributed by atoms with Crippen LogP contribution in [0.2, 0.25) is 0 Å². The molecule has 1 aliphatic rings. The van der Waals surface area contributed by atoms with E-state index in [0.717, 1.165) is 5.56 Å². The van der Waals surface area contributed by atoms with E-state index < -0.39 is 33.7 Å². The fraction of sp³-hybridized carbons (Fsp3) is 0.769. The molecule has 252 valence electrons. The second-order valence-electron chi connectivity index (χ2n) is 16.6. The molecule has 5 unspecified atom stereocenters. The van der Waals surface area contributed by atoms with Gasteiger partial charge in [-0.05, 0) is 114 Å².